The third-order valence-electron chi connectivity index (χ3n) is 5.46. The summed E-state index contributed by atoms with van der Waals surface area (Å²) in [7, 11) is 1.33. The first-order valence-corrected chi connectivity index (χ1v) is 11.5. The van der Waals surface area contributed by atoms with Gasteiger partial charge in [-0.25, -0.2) is 4.79 Å². The maximum Gasteiger partial charge on any atom is 0.337 e. The quantitative estimate of drug-likeness (QED) is 0.437. The Hall–Kier alpha value is -3.26. The Balaban J connectivity index is 1.41. The molecule has 0 atom stereocenters. The van der Waals surface area contributed by atoms with Crippen LogP contribution in [0, 0.1) is 0 Å². The van der Waals surface area contributed by atoms with E-state index in [0.29, 0.717) is 17.8 Å². The highest BCUT2D eigenvalue weighted by Gasteiger charge is 2.19. The van der Waals surface area contributed by atoms with Crippen molar-refractivity contribution in [3.63, 3.8) is 0 Å². The number of fused-ring (bicyclic) bond motifs is 1. The number of anilines is 1. The summed E-state index contributed by atoms with van der Waals surface area (Å²) in [5.41, 5.74) is 2.03. The summed E-state index contributed by atoms with van der Waals surface area (Å²) in [6, 6.07) is 14.5. The van der Waals surface area contributed by atoms with Crippen molar-refractivity contribution in [2.24, 2.45) is 0 Å². The van der Waals surface area contributed by atoms with Crippen LogP contribution in [0.4, 0.5) is 5.69 Å². The van der Waals surface area contributed by atoms with E-state index < -0.39 is 5.97 Å². The fourth-order valence-electron chi connectivity index (χ4n) is 3.82. The number of esters is 1. The highest BCUT2D eigenvalue weighted by molar-refractivity contribution is 8.00. The molecule has 1 aliphatic rings. The number of benzene rings is 2. The molecule has 0 spiro atoms. The van der Waals surface area contributed by atoms with Gasteiger partial charge in [0.15, 0.2) is 0 Å². The number of thioether (sulfide) groups is 1. The smallest absolute Gasteiger partial charge is 0.337 e. The van der Waals surface area contributed by atoms with Crippen molar-refractivity contribution in [3.05, 3.63) is 60.3 Å². The van der Waals surface area contributed by atoms with Crippen molar-refractivity contribution >= 4 is 46.1 Å². The fourth-order valence-corrected chi connectivity index (χ4v) is 4.71. The van der Waals surface area contributed by atoms with Crippen molar-refractivity contribution in [2.45, 2.75) is 24.3 Å². The summed E-state index contributed by atoms with van der Waals surface area (Å²) in [5, 5.41) is 3.87. The van der Waals surface area contributed by atoms with Crippen molar-refractivity contribution in [3.8, 4) is 0 Å². The van der Waals surface area contributed by atoms with Crippen LogP contribution in [0.2, 0.25) is 0 Å². The first-order valence-electron chi connectivity index (χ1n) is 10.5. The molecule has 4 rings (SSSR count). The molecule has 2 aromatic carbocycles. The van der Waals surface area contributed by atoms with Crippen LogP contribution in [-0.4, -0.2) is 53.2 Å². The van der Waals surface area contributed by atoms with E-state index in [2.05, 4.69) is 10.1 Å². The maximum atomic E-state index is 12.6. The molecular weight excluding hydrogens is 426 g/mol. The lowest BCUT2D eigenvalue weighted by Gasteiger charge is -2.15. The molecule has 0 unspecified atom stereocenters. The van der Waals surface area contributed by atoms with Gasteiger partial charge in [0.05, 0.1) is 18.4 Å². The van der Waals surface area contributed by atoms with Gasteiger partial charge in [0, 0.05) is 40.8 Å². The first-order chi connectivity index (χ1) is 15.5. The molecule has 2 heterocycles. The number of carbonyl (C=O) groups is 3. The van der Waals surface area contributed by atoms with Crippen molar-refractivity contribution < 1.29 is 19.1 Å². The van der Waals surface area contributed by atoms with Crippen LogP contribution >= 0.6 is 11.8 Å². The number of amides is 2. The van der Waals surface area contributed by atoms with Gasteiger partial charge >= 0.3 is 5.97 Å². The number of hydrogen-bond acceptors (Lipinski definition) is 5. The average Bonchev–Trinajstić information content (AvgIpc) is 3.47. The number of nitrogens with zero attached hydrogens (tertiary/aromatic N) is 2. The molecule has 0 bridgehead atoms. The minimum Gasteiger partial charge on any atom is -0.465 e. The lowest BCUT2D eigenvalue weighted by atomic mass is 10.2. The minimum atomic E-state index is -0.418. The summed E-state index contributed by atoms with van der Waals surface area (Å²) in [6.45, 7) is 1.97. The van der Waals surface area contributed by atoms with Crippen LogP contribution < -0.4 is 5.32 Å². The van der Waals surface area contributed by atoms with Crippen LogP contribution in [0.5, 0.6) is 0 Å². The molecule has 1 saturated heterocycles. The molecule has 0 aliphatic carbocycles. The molecule has 7 nitrogen and oxygen atoms in total. The number of methoxy groups -OCH3 is 1. The molecule has 3 aromatic rings. The van der Waals surface area contributed by atoms with Gasteiger partial charge in [0.25, 0.3) is 0 Å². The Labute approximate surface area is 190 Å². The normalized spacial score (nSPS) is 13.3. The summed E-state index contributed by atoms with van der Waals surface area (Å²) in [6.07, 6.45) is 4.10. The molecule has 2 amide bonds. The van der Waals surface area contributed by atoms with Crippen LogP contribution in [-0.2, 0) is 20.9 Å². The van der Waals surface area contributed by atoms with Gasteiger partial charge in [-0.15, -0.1) is 11.8 Å². The minimum absolute atomic E-state index is 0.132. The third-order valence-corrected chi connectivity index (χ3v) is 6.51. The van der Waals surface area contributed by atoms with Gasteiger partial charge in [-0.05, 0) is 43.2 Å². The van der Waals surface area contributed by atoms with Crippen molar-refractivity contribution in [1.29, 1.82) is 0 Å². The van der Waals surface area contributed by atoms with Crippen molar-refractivity contribution in [1.82, 2.24) is 9.47 Å². The zero-order valence-corrected chi connectivity index (χ0v) is 18.7. The van der Waals surface area contributed by atoms with E-state index in [1.807, 2.05) is 39.9 Å². The Kier molecular flexibility index (Phi) is 6.80. The van der Waals surface area contributed by atoms with Crippen molar-refractivity contribution in [2.75, 3.05) is 31.3 Å². The standard InChI is InChI=1S/C24H25N3O4S/c1-31-24(30)17-8-10-18(11-9-17)25-22(28)16-32-21-14-27(20-7-3-2-6-19(20)21)15-23(29)26-12-4-5-13-26/h2-3,6-11,14H,4-5,12-13,15-16H2,1H3,(H,25,28). The van der Waals surface area contributed by atoms with Gasteiger partial charge in [0.2, 0.25) is 11.8 Å². The molecule has 1 N–H and O–H groups in total. The average molecular weight is 452 g/mol. The Morgan fingerprint density at radius 2 is 1.75 bits per heavy atom. The van der Waals surface area contributed by atoms with Crippen LogP contribution in [0.1, 0.15) is 23.2 Å². The summed E-state index contributed by atoms with van der Waals surface area (Å²) in [4.78, 5) is 39.5. The zero-order valence-electron chi connectivity index (χ0n) is 17.9. The predicted octanol–water partition coefficient (Wildman–Crippen LogP) is 3.78. The molecule has 32 heavy (non-hydrogen) atoms. The number of likely N-dealkylation sites (tertiary alicyclic amines) is 1. The number of rotatable bonds is 7. The summed E-state index contributed by atoms with van der Waals surface area (Å²) in [5.74, 6) is -0.205. The lowest BCUT2D eigenvalue weighted by Crippen LogP contribution is -2.30. The Morgan fingerprint density at radius 1 is 1.03 bits per heavy atom. The van der Waals surface area contributed by atoms with Crippen LogP contribution in [0.3, 0.4) is 0 Å². The predicted molar refractivity (Wildman–Crippen MR) is 125 cm³/mol. The second kappa shape index (κ2) is 9.91. The Morgan fingerprint density at radius 3 is 2.47 bits per heavy atom. The number of aromatic nitrogens is 1. The van der Waals surface area contributed by atoms with E-state index in [0.717, 1.165) is 41.7 Å². The second-order valence-electron chi connectivity index (χ2n) is 7.63. The van der Waals surface area contributed by atoms with E-state index in [4.69, 9.17) is 0 Å². The van der Waals surface area contributed by atoms with E-state index in [1.54, 1.807) is 24.3 Å². The topological polar surface area (TPSA) is 80.6 Å². The Bertz CT molecular complexity index is 1130. The van der Waals surface area contributed by atoms with Gasteiger partial charge in [0.1, 0.15) is 6.54 Å². The van der Waals surface area contributed by atoms with Gasteiger partial charge < -0.3 is 19.5 Å². The summed E-state index contributed by atoms with van der Waals surface area (Å²) >= 11 is 1.44. The SMILES string of the molecule is COC(=O)c1ccc(NC(=O)CSc2cn(CC(=O)N3CCCC3)c3ccccc23)cc1. The molecule has 0 saturated carbocycles. The third kappa shape index (κ3) is 4.96. The highest BCUT2D eigenvalue weighted by Crippen LogP contribution is 2.30. The molecule has 1 aliphatic heterocycles. The van der Waals surface area contributed by atoms with E-state index >= 15 is 0 Å². The van der Waals surface area contributed by atoms with Gasteiger partial charge in [-0.3, -0.25) is 9.59 Å². The first kappa shape index (κ1) is 22.0. The molecule has 1 aromatic heterocycles. The molecule has 0 radical (unpaired) electrons. The van der Waals surface area contributed by atoms with E-state index in [1.165, 1.54) is 18.9 Å². The second-order valence-corrected chi connectivity index (χ2v) is 8.65. The number of hydrogen-bond donors (Lipinski definition) is 1. The van der Waals surface area contributed by atoms with Gasteiger partial charge in [-0.2, -0.15) is 0 Å². The van der Waals surface area contributed by atoms with E-state index in [9.17, 15) is 14.4 Å². The lowest BCUT2D eigenvalue weighted by molar-refractivity contribution is -0.130. The molecular formula is C24H25N3O4S. The summed E-state index contributed by atoms with van der Waals surface area (Å²) < 4.78 is 6.65. The number of carbonyl (C=O) groups excluding carboxylic acids is 3. The maximum absolute atomic E-state index is 12.6. The van der Waals surface area contributed by atoms with Crippen LogP contribution in [0.25, 0.3) is 10.9 Å². The monoisotopic (exact) mass is 451 g/mol. The van der Waals surface area contributed by atoms with Gasteiger partial charge in [-0.1, -0.05) is 18.2 Å². The number of ether oxygens (including phenoxy) is 1. The molecule has 1 fully saturated rings. The number of para-hydroxylation sites is 1. The largest absolute Gasteiger partial charge is 0.465 e. The number of nitrogens with one attached hydrogen (secondary N) is 1. The fraction of sp³-hybridized carbons (Fsp3) is 0.292. The van der Waals surface area contributed by atoms with Crippen LogP contribution in [0.15, 0.2) is 59.6 Å². The van der Waals surface area contributed by atoms with E-state index in [-0.39, 0.29) is 17.6 Å². The highest BCUT2D eigenvalue weighted by atomic mass is 32.2. The zero-order chi connectivity index (χ0) is 22.5. The molecule has 8 heteroatoms. The molecule has 166 valence electrons.